The molecule has 28 heavy (non-hydrogen) atoms. The third-order valence-electron chi connectivity index (χ3n) is 3.97. The van der Waals surface area contributed by atoms with E-state index < -0.39 is 11.7 Å². The van der Waals surface area contributed by atoms with Crippen LogP contribution in [0.15, 0.2) is 76.2 Å². The maximum atomic E-state index is 12.8. The van der Waals surface area contributed by atoms with Crippen LogP contribution in [0.3, 0.4) is 0 Å². The Labute approximate surface area is 159 Å². The molecule has 0 radical (unpaired) electrons. The summed E-state index contributed by atoms with van der Waals surface area (Å²) in [6, 6.07) is 17.6. The molecule has 0 unspecified atom stereocenters. The molecule has 0 aliphatic heterocycles. The molecule has 0 aliphatic carbocycles. The fourth-order valence-corrected chi connectivity index (χ4v) is 2.55. The molecule has 7 heteroatoms. The molecular formula is C21H17F3N2O2. The molecule has 0 spiro atoms. The van der Waals surface area contributed by atoms with Gasteiger partial charge in [0.2, 0.25) is 5.91 Å². The standard InChI is InChI=1S/C21H17F3N2O2/c22-21(23,24)17-8-4-7-16(13-17)19-11-10-18(28-19)14-25-26-20(27)12-9-15-5-2-1-3-6-15/h1-8,10-11,13-14H,9,12H2,(H,26,27)/b25-14-. The van der Waals surface area contributed by atoms with E-state index in [1.54, 1.807) is 12.1 Å². The number of rotatable bonds is 6. The number of carbonyl (C=O) groups excluding carboxylic acids is 1. The van der Waals surface area contributed by atoms with Gasteiger partial charge >= 0.3 is 6.18 Å². The number of furan rings is 1. The molecule has 3 aromatic rings. The van der Waals surface area contributed by atoms with Gasteiger partial charge in [-0.05, 0) is 36.2 Å². The molecular weight excluding hydrogens is 369 g/mol. The number of halogens is 3. The highest BCUT2D eigenvalue weighted by atomic mass is 19.4. The second-order valence-electron chi connectivity index (χ2n) is 6.06. The van der Waals surface area contributed by atoms with E-state index in [-0.39, 0.29) is 18.1 Å². The number of carbonyl (C=O) groups is 1. The fourth-order valence-electron chi connectivity index (χ4n) is 2.55. The van der Waals surface area contributed by atoms with Gasteiger partial charge in [-0.3, -0.25) is 4.79 Å². The fraction of sp³-hybridized carbons (Fsp3) is 0.143. The van der Waals surface area contributed by atoms with Gasteiger partial charge in [0.05, 0.1) is 11.8 Å². The first-order valence-electron chi connectivity index (χ1n) is 8.55. The van der Waals surface area contributed by atoms with Gasteiger partial charge in [0, 0.05) is 12.0 Å². The summed E-state index contributed by atoms with van der Waals surface area (Å²) in [6.07, 6.45) is -2.23. The Morgan fingerprint density at radius 3 is 2.57 bits per heavy atom. The van der Waals surface area contributed by atoms with Crippen LogP contribution < -0.4 is 5.43 Å². The Hall–Kier alpha value is -3.35. The van der Waals surface area contributed by atoms with Crippen molar-refractivity contribution in [2.45, 2.75) is 19.0 Å². The lowest BCUT2D eigenvalue weighted by Crippen LogP contribution is -2.17. The highest BCUT2D eigenvalue weighted by Gasteiger charge is 2.30. The first-order chi connectivity index (χ1) is 13.4. The Morgan fingerprint density at radius 1 is 1.04 bits per heavy atom. The van der Waals surface area contributed by atoms with Crippen LogP contribution in [0, 0.1) is 0 Å². The van der Waals surface area contributed by atoms with E-state index in [1.807, 2.05) is 30.3 Å². The van der Waals surface area contributed by atoms with Crippen molar-refractivity contribution in [3.63, 3.8) is 0 Å². The molecule has 3 rings (SSSR count). The van der Waals surface area contributed by atoms with E-state index >= 15 is 0 Å². The average molecular weight is 386 g/mol. The lowest BCUT2D eigenvalue weighted by atomic mass is 10.1. The van der Waals surface area contributed by atoms with Crippen LogP contribution in [0.4, 0.5) is 13.2 Å². The lowest BCUT2D eigenvalue weighted by Gasteiger charge is -2.07. The van der Waals surface area contributed by atoms with Crippen LogP contribution in [0.5, 0.6) is 0 Å². The first-order valence-corrected chi connectivity index (χ1v) is 8.55. The highest BCUT2D eigenvalue weighted by Crippen LogP contribution is 2.32. The van der Waals surface area contributed by atoms with Crippen molar-refractivity contribution in [1.82, 2.24) is 5.43 Å². The van der Waals surface area contributed by atoms with Gasteiger partial charge in [0.15, 0.2) is 0 Å². The number of hydrogen-bond donors (Lipinski definition) is 1. The number of aryl methyl sites for hydroxylation is 1. The van der Waals surface area contributed by atoms with Crippen molar-refractivity contribution < 1.29 is 22.4 Å². The Bertz CT molecular complexity index is 963. The summed E-state index contributed by atoms with van der Waals surface area (Å²) in [5.74, 6) is 0.350. The lowest BCUT2D eigenvalue weighted by molar-refractivity contribution is -0.137. The minimum Gasteiger partial charge on any atom is -0.455 e. The normalized spacial score (nSPS) is 11.7. The number of nitrogens with one attached hydrogen (secondary N) is 1. The molecule has 0 saturated heterocycles. The zero-order valence-corrected chi connectivity index (χ0v) is 14.7. The van der Waals surface area contributed by atoms with Gasteiger partial charge in [0.25, 0.3) is 0 Å². The Morgan fingerprint density at radius 2 is 1.82 bits per heavy atom. The van der Waals surface area contributed by atoms with Gasteiger partial charge in [-0.25, -0.2) is 5.43 Å². The monoisotopic (exact) mass is 386 g/mol. The summed E-state index contributed by atoms with van der Waals surface area (Å²) >= 11 is 0. The van der Waals surface area contributed by atoms with Crippen LogP contribution in [0.1, 0.15) is 23.3 Å². The third-order valence-corrected chi connectivity index (χ3v) is 3.97. The smallest absolute Gasteiger partial charge is 0.416 e. The summed E-state index contributed by atoms with van der Waals surface area (Å²) in [4.78, 5) is 11.8. The molecule has 0 fully saturated rings. The summed E-state index contributed by atoms with van der Waals surface area (Å²) in [5.41, 5.74) is 3.01. The summed E-state index contributed by atoms with van der Waals surface area (Å²) in [5, 5.41) is 3.82. The number of amides is 1. The zero-order valence-electron chi connectivity index (χ0n) is 14.7. The molecule has 0 atom stereocenters. The predicted octanol–water partition coefficient (Wildman–Crippen LogP) is 5.05. The average Bonchev–Trinajstić information content (AvgIpc) is 3.16. The molecule has 0 bridgehead atoms. The van der Waals surface area contributed by atoms with Crippen LogP contribution in [0.2, 0.25) is 0 Å². The Kier molecular flexibility index (Phi) is 5.93. The number of benzene rings is 2. The van der Waals surface area contributed by atoms with Gasteiger partial charge < -0.3 is 4.42 Å². The van der Waals surface area contributed by atoms with Crippen LogP contribution in [0.25, 0.3) is 11.3 Å². The summed E-state index contributed by atoms with van der Waals surface area (Å²) < 4.78 is 43.9. The molecule has 0 saturated carbocycles. The van der Waals surface area contributed by atoms with Gasteiger partial charge in [-0.1, -0.05) is 42.5 Å². The highest BCUT2D eigenvalue weighted by molar-refractivity contribution is 5.81. The molecule has 1 aromatic heterocycles. The van der Waals surface area contributed by atoms with Crippen molar-refractivity contribution in [3.05, 3.63) is 83.6 Å². The first kappa shape index (κ1) is 19.4. The van der Waals surface area contributed by atoms with E-state index in [1.165, 1.54) is 18.3 Å². The van der Waals surface area contributed by atoms with Gasteiger partial charge in [-0.15, -0.1) is 0 Å². The molecule has 2 aromatic carbocycles. The summed E-state index contributed by atoms with van der Waals surface area (Å²) in [6.45, 7) is 0. The van der Waals surface area contributed by atoms with Crippen LogP contribution in [-0.4, -0.2) is 12.1 Å². The van der Waals surface area contributed by atoms with E-state index in [4.69, 9.17) is 4.42 Å². The zero-order chi connectivity index (χ0) is 20.0. The largest absolute Gasteiger partial charge is 0.455 e. The topological polar surface area (TPSA) is 54.6 Å². The van der Waals surface area contributed by atoms with Crippen molar-refractivity contribution in [1.29, 1.82) is 0 Å². The molecule has 1 amide bonds. The maximum absolute atomic E-state index is 12.8. The van der Waals surface area contributed by atoms with E-state index in [9.17, 15) is 18.0 Å². The van der Waals surface area contributed by atoms with Crippen LogP contribution in [-0.2, 0) is 17.4 Å². The van der Waals surface area contributed by atoms with Crippen molar-refractivity contribution in [2.75, 3.05) is 0 Å². The van der Waals surface area contributed by atoms with E-state index in [0.717, 1.165) is 17.7 Å². The van der Waals surface area contributed by atoms with Crippen molar-refractivity contribution >= 4 is 12.1 Å². The molecule has 4 nitrogen and oxygen atoms in total. The number of hydrogen-bond acceptors (Lipinski definition) is 3. The third kappa shape index (κ3) is 5.33. The molecule has 0 aliphatic rings. The van der Waals surface area contributed by atoms with Crippen molar-refractivity contribution in [2.24, 2.45) is 5.10 Å². The second-order valence-corrected chi connectivity index (χ2v) is 6.06. The number of nitrogens with zero attached hydrogens (tertiary/aromatic N) is 1. The second kappa shape index (κ2) is 8.56. The maximum Gasteiger partial charge on any atom is 0.416 e. The Balaban J connectivity index is 1.56. The molecule has 144 valence electrons. The van der Waals surface area contributed by atoms with Crippen LogP contribution >= 0.6 is 0 Å². The minimum atomic E-state index is -4.42. The summed E-state index contributed by atoms with van der Waals surface area (Å²) in [7, 11) is 0. The number of alkyl halides is 3. The van der Waals surface area contributed by atoms with E-state index in [0.29, 0.717) is 17.7 Å². The van der Waals surface area contributed by atoms with Gasteiger partial charge in [-0.2, -0.15) is 18.3 Å². The van der Waals surface area contributed by atoms with Gasteiger partial charge in [0.1, 0.15) is 11.5 Å². The van der Waals surface area contributed by atoms with Crippen molar-refractivity contribution in [3.8, 4) is 11.3 Å². The quantitative estimate of drug-likeness (QED) is 0.476. The predicted molar refractivity (Wildman–Crippen MR) is 99.6 cm³/mol. The SMILES string of the molecule is O=C(CCc1ccccc1)N/N=C\c1ccc(-c2cccc(C(F)(F)F)c2)o1. The van der Waals surface area contributed by atoms with E-state index in [2.05, 4.69) is 10.5 Å². The minimum absolute atomic E-state index is 0.246. The number of hydrazone groups is 1. The molecule has 1 N–H and O–H groups in total. The molecule has 1 heterocycles.